The van der Waals surface area contributed by atoms with Crippen molar-refractivity contribution >= 4 is 36.5 Å². The van der Waals surface area contributed by atoms with Crippen molar-refractivity contribution in [2.24, 2.45) is 0 Å². The largest absolute Gasteiger partial charge is 0.472 e. The Balaban J connectivity index is 1.54. The number of aromatic nitrogens is 4. The summed E-state index contributed by atoms with van der Waals surface area (Å²) in [5, 5.41) is 2.93. The van der Waals surface area contributed by atoms with Crippen molar-refractivity contribution in [1.82, 2.24) is 19.5 Å². The molecule has 0 aliphatic carbocycles. The third-order valence-corrected chi connectivity index (χ3v) is 6.25. The molecule has 4 heterocycles. The molecule has 0 amide bonds. The number of anilines is 2. The summed E-state index contributed by atoms with van der Waals surface area (Å²) >= 11 is 0. The number of fused-ring (bicyclic) bond motifs is 2. The third kappa shape index (κ3) is 3.49. The van der Waals surface area contributed by atoms with E-state index in [1.165, 1.54) is 17.2 Å². The van der Waals surface area contributed by atoms with Crippen LogP contribution in [0.1, 0.15) is 16.6 Å². The monoisotopic (exact) mass is 462 g/mol. The smallest absolute Gasteiger partial charge is 0.451 e. The fraction of sp³-hybridized carbons (Fsp3) is 0.333. The summed E-state index contributed by atoms with van der Waals surface area (Å²) in [7, 11) is -2.66. The van der Waals surface area contributed by atoms with E-state index in [9.17, 15) is 14.3 Å². The molecule has 0 bridgehead atoms. The number of imidazole rings is 1. The molecule has 2 aromatic heterocycles. The van der Waals surface area contributed by atoms with E-state index in [-0.39, 0.29) is 18.0 Å². The fourth-order valence-corrected chi connectivity index (χ4v) is 4.75. The second-order valence-electron chi connectivity index (χ2n) is 7.15. The first kappa shape index (κ1) is 20.8. The average Bonchev–Trinajstić information content (AvgIpc) is 3.35. The van der Waals surface area contributed by atoms with E-state index in [1.54, 1.807) is 31.3 Å². The Morgan fingerprint density at radius 1 is 1.34 bits per heavy atom. The number of nitrogens with zero attached hydrogens (tertiary/aromatic N) is 4. The zero-order valence-electron chi connectivity index (χ0n) is 16.7. The summed E-state index contributed by atoms with van der Waals surface area (Å²) < 4.78 is 35.5. The number of rotatable bonds is 4. The van der Waals surface area contributed by atoms with Crippen LogP contribution in [-0.4, -0.2) is 62.3 Å². The Hall–Kier alpha value is -3.09. The van der Waals surface area contributed by atoms with Crippen LogP contribution >= 0.6 is 7.82 Å². The van der Waals surface area contributed by atoms with Crippen LogP contribution in [-0.2, 0) is 23.1 Å². The van der Waals surface area contributed by atoms with Gasteiger partial charge in [0.15, 0.2) is 23.8 Å². The minimum Gasteiger partial charge on any atom is -0.451 e. The van der Waals surface area contributed by atoms with Gasteiger partial charge < -0.3 is 25.4 Å². The van der Waals surface area contributed by atoms with Gasteiger partial charge in [-0.25, -0.2) is 24.3 Å². The molecule has 168 valence electrons. The predicted octanol–water partition coefficient (Wildman–Crippen LogP) is 1.09. The van der Waals surface area contributed by atoms with Gasteiger partial charge in [-0.2, -0.15) is 0 Å². The molecular formula is C18H19N6O7P. The molecule has 5 unspecified atom stereocenters. The number of nitrogen functional groups attached to an aromatic ring is 1. The number of benzene rings is 1. The maximum atomic E-state index is 13.0. The minimum absolute atomic E-state index is 0.167. The van der Waals surface area contributed by atoms with Gasteiger partial charge in [0.05, 0.1) is 18.5 Å². The zero-order valence-corrected chi connectivity index (χ0v) is 17.6. The zero-order chi connectivity index (χ0) is 22.5. The lowest BCUT2D eigenvalue weighted by molar-refractivity contribution is -0.0666. The van der Waals surface area contributed by atoms with Crippen LogP contribution in [0.15, 0.2) is 36.9 Å². The van der Waals surface area contributed by atoms with Crippen molar-refractivity contribution < 1.29 is 32.8 Å². The number of hydrogen-bond donors (Lipinski definition) is 3. The maximum Gasteiger partial charge on any atom is 0.472 e. The number of nitrogens with one attached hydrogen (secondary N) is 1. The molecule has 2 aliphatic rings. The Morgan fingerprint density at radius 3 is 2.97 bits per heavy atom. The molecule has 13 nitrogen and oxygen atoms in total. The minimum atomic E-state index is -4.34. The number of phosphoric acid groups is 1. The second kappa shape index (κ2) is 7.80. The molecule has 14 heteroatoms. The Kier molecular flexibility index (Phi) is 5.07. The standard InChI is InChI=1S/C18H19N6O7P/c1-20-10-5-3-2-4-9(10)18(25)30-14-13-11(6-28-32(26,27)31-13)29-17(14)24-8-23-12-15(19)21-7-22-16(12)24/h2-5,7-8,11,13-14,17,20H,6H2,1H3,(H,26,27)(H2,19,21,22). The molecule has 0 radical (unpaired) electrons. The molecule has 3 aromatic rings. The molecule has 5 atom stereocenters. The van der Waals surface area contributed by atoms with E-state index in [1.807, 2.05) is 0 Å². The van der Waals surface area contributed by atoms with Crippen molar-refractivity contribution in [1.29, 1.82) is 0 Å². The quantitative estimate of drug-likeness (QED) is 0.373. The number of esters is 1. The predicted molar refractivity (Wildman–Crippen MR) is 109 cm³/mol. The number of para-hydroxylation sites is 1. The molecule has 2 fully saturated rings. The van der Waals surface area contributed by atoms with Gasteiger partial charge in [-0.1, -0.05) is 12.1 Å². The summed E-state index contributed by atoms with van der Waals surface area (Å²) in [4.78, 5) is 35.2. The maximum absolute atomic E-state index is 13.0. The molecule has 0 spiro atoms. The van der Waals surface area contributed by atoms with Crippen LogP contribution < -0.4 is 11.1 Å². The average molecular weight is 462 g/mol. The van der Waals surface area contributed by atoms with Crippen LogP contribution in [0.2, 0.25) is 0 Å². The Labute approximate surface area is 181 Å². The van der Waals surface area contributed by atoms with Gasteiger partial charge in [0, 0.05) is 12.7 Å². The van der Waals surface area contributed by atoms with Gasteiger partial charge in [0.25, 0.3) is 0 Å². The first-order valence-electron chi connectivity index (χ1n) is 9.60. The van der Waals surface area contributed by atoms with Gasteiger partial charge in [-0.15, -0.1) is 0 Å². The molecule has 5 rings (SSSR count). The molecule has 4 N–H and O–H groups in total. The summed E-state index contributed by atoms with van der Waals surface area (Å²) in [5.74, 6) is -0.504. The molecule has 32 heavy (non-hydrogen) atoms. The Bertz CT molecular complexity index is 1240. The lowest BCUT2D eigenvalue weighted by Crippen LogP contribution is -2.41. The summed E-state index contributed by atoms with van der Waals surface area (Å²) in [5.41, 5.74) is 7.37. The van der Waals surface area contributed by atoms with Gasteiger partial charge in [0.2, 0.25) is 0 Å². The van der Waals surface area contributed by atoms with E-state index in [0.29, 0.717) is 16.9 Å². The van der Waals surface area contributed by atoms with Crippen LogP contribution in [0.5, 0.6) is 0 Å². The highest BCUT2D eigenvalue weighted by molar-refractivity contribution is 7.47. The topological polar surface area (TPSA) is 173 Å². The van der Waals surface area contributed by atoms with Crippen LogP contribution in [0, 0.1) is 0 Å². The van der Waals surface area contributed by atoms with E-state index >= 15 is 0 Å². The van der Waals surface area contributed by atoms with Gasteiger partial charge in [-0.3, -0.25) is 13.6 Å². The SMILES string of the molecule is CNc1ccccc1C(=O)OC1C2OP(=O)(O)OCC2OC1n1cnc2c(N)ncnc21. The van der Waals surface area contributed by atoms with Gasteiger partial charge >= 0.3 is 13.8 Å². The third-order valence-electron chi connectivity index (χ3n) is 5.26. The van der Waals surface area contributed by atoms with Crippen LogP contribution in [0.3, 0.4) is 0 Å². The highest BCUT2D eigenvalue weighted by Gasteiger charge is 2.55. The van der Waals surface area contributed by atoms with Crippen molar-refractivity contribution in [3.63, 3.8) is 0 Å². The number of nitrogens with two attached hydrogens (primary N) is 1. The molecular weight excluding hydrogens is 443 g/mol. The summed E-state index contributed by atoms with van der Waals surface area (Å²) in [6, 6.07) is 6.78. The van der Waals surface area contributed by atoms with Crippen LogP contribution in [0.25, 0.3) is 11.2 Å². The van der Waals surface area contributed by atoms with Crippen LogP contribution in [0.4, 0.5) is 11.5 Å². The first-order chi connectivity index (χ1) is 15.4. The number of hydrogen-bond acceptors (Lipinski definition) is 11. The van der Waals surface area contributed by atoms with Crippen molar-refractivity contribution in [2.45, 2.75) is 24.5 Å². The van der Waals surface area contributed by atoms with E-state index in [0.717, 1.165) is 0 Å². The molecule has 0 saturated carbocycles. The van der Waals surface area contributed by atoms with Gasteiger partial charge in [-0.05, 0) is 12.1 Å². The number of carbonyl (C=O) groups excluding carboxylic acids is 1. The van der Waals surface area contributed by atoms with Crippen molar-refractivity contribution in [2.75, 3.05) is 24.7 Å². The highest BCUT2D eigenvalue weighted by atomic mass is 31.2. The fourth-order valence-electron chi connectivity index (χ4n) is 3.79. The lowest BCUT2D eigenvalue weighted by atomic mass is 10.1. The van der Waals surface area contributed by atoms with Crippen molar-refractivity contribution in [3.8, 4) is 0 Å². The molecule has 2 aliphatic heterocycles. The van der Waals surface area contributed by atoms with E-state index in [4.69, 9.17) is 24.3 Å². The van der Waals surface area contributed by atoms with Crippen molar-refractivity contribution in [3.05, 3.63) is 42.5 Å². The van der Waals surface area contributed by atoms with E-state index in [2.05, 4.69) is 20.3 Å². The highest BCUT2D eigenvalue weighted by Crippen LogP contribution is 2.53. The summed E-state index contributed by atoms with van der Waals surface area (Å²) in [6.07, 6.45) is -1.24. The second-order valence-corrected chi connectivity index (χ2v) is 8.55. The Morgan fingerprint density at radius 2 is 2.16 bits per heavy atom. The summed E-state index contributed by atoms with van der Waals surface area (Å²) in [6.45, 7) is -0.222. The molecule has 1 aromatic carbocycles. The number of carbonyl (C=O) groups is 1. The lowest BCUT2D eigenvalue weighted by Gasteiger charge is -2.29. The first-order valence-corrected chi connectivity index (χ1v) is 11.1. The number of ether oxygens (including phenoxy) is 2. The molecule has 2 saturated heterocycles. The van der Waals surface area contributed by atoms with E-state index < -0.39 is 38.3 Å². The van der Waals surface area contributed by atoms with Gasteiger partial charge in [0.1, 0.15) is 24.1 Å². The number of phosphoric ester groups is 1. The normalized spacial score (nSPS) is 29.6.